The third-order valence-electron chi connectivity index (χ3n) is 6.11. The first-order chi connectivity index (χ1) is 16.3. The van der Waals surface area contributed by atoms with Crippen LogP contribution in [-0.2, 0) is 16.1 Å². The zero-order chi connectivity index (χ0) is 24.2. The Hall–Kier alpha value is -3.68. The van der Waals surface area contributed by atoms with Gasteiger partial charge in [-0.2, -0.15) is 0 Å². The van der Waals surface area contributed by atoms with Gasteiger partial charge in [0.25, 0.3) is 0 Å². The molecule has 2 atom stereocenters. The van der Waals surface area contributed by atoms with Gasteiger partial charge in [-0.15, -0.1) is 0 Å². The van der Waals surface area contributed by atoms with E-state index >= 15 is 0 Å². The van der Waals surface area contributed by atoms with Crippen LogP contribution in [0.15, 0.2) is 57.7 Å². The number of hydrogen-bond donors (Lipinski definition) is 1. The first-order valence-electron chi connectivity index (χ1n) is 11.5. The summed E-state index contributed by atoms with van der Waals surface area (Å²) in [6, 6.07) is 13.5. The average Bonchev–Trinajstić information content (AvgIpc) is 3.31. The Bertz CT molecular complexity index is 1240. The summed E-state index contributed by atoms with van der Waals surface area (Å²) < 4.78 is 11.0. The number of aryl methyl sites for hydroxylation is 1. The highest BCUT2D eigenvalue weighted by Gasteiger charge is 2.37. The molecule has 34 heavy (non-hydrogen) atoms. The van der Waals surface area contributed by atoms with E-state index in [2.05, 4.69) is 10.3 Å². The van der Waals surface area contributed by atoms with E-state index in [0.717, 1.165) is 11.1 Å². The number of nitrogens with one attached hydrogen (secondary N) is 1. The highest BCUT2D eigenvalue weighted by atomic mass is 16.6. The number of rotatable bonds is 6. The van der Waals surface area contributed by atoms with Gasteiger partial charge in [-0.05, 0) is 42.9 Å². The third-order valence-corrected chi connectivity index (χ3v) is 6.11. The molecule has 1 saturated heterocycles. The van der Waals surface area contributed by atoms with E-state index in [-0.39, 0.29) is 24.3 Å². The van der Waals surface area contributed by atoms with Crippen LogP contribution >= 0.6 is 0 Å². The van der Waals surface area contributed by atoms with Crippen LogP contribution in [0.1, 0.15) is 49.7 Å². The molecule has 8 heteroatoms. The number of fused-ring (bicyclic) bond motifs is 1. The van der Waals surface area contributed by atoms with Gasteiger partial charge >= 0.3 is 11.7 Å². The standard InChI is InChI=1S/C26H29N3O5/c1-16(2)22(24-27-19-12-7-9-17(3)21(19)25(31)34-24)28-23(30)20-13-8-14-29(20)26(32)33-15-18-10-5-4-6-11-18/h4-7,9-12,16,20,22H,8,13-15H2,1-3H3,(H,28,30)/t20-,22-/m0/s1. The van der Waals surface area contributed by atoms with Crippen molar-refractivity contribution < 1.29 is 18.7 Å². The van der Waals surface area contributed by atoms with Crippen molar-refractivity contribution in [1.29, 1.82) is 0 Å². The van der Waals surface area contributed by atoms with Gasteiger partial charge in [-0.1, -0.05) is 56.3 Å². The predicted octanol–water partition coefficient (Wildman–Crippen LogP) is 4.11. The third kappa shape index (κ3) is 4.95. The topological polar surface area (TPSA) is 102 Å². The second-order valence-electron chi connectivity index (χ2n) is 8.93. The SMILES string of the molecule is Cc1cccc2nc([C@@H](NC(=O)[C@@H]3CCCN3C(=O)OCc3ccccc3)C(C)C)oc(=O)c12. The van der Waals surface area contributed by atoms with Gasteiger partial charge in [0.2, 0.25) is 11.8 Å². The predicted molar refractivity (Wildman–Crippen MR) is 127 cm³/mol. The second kappa shape index (κ2) is 10.1. The molecule has 3 aromatic rings. The number of ether oxygens (including phenoxy) is 1. The fraction of sp³-hybridized carbons (Fsp3) is 0.385. The number of carbonyl (C=O) groups excluding carboxylic acids is 2. The Labute approximate surface area is 197 Å². The van der Waals surface area contributed by atoms with E-state index in [1.54, 1.807) is 6.07 Å². The van der Waals surface area contributed by atoms with E-state index in [1.807, 2.05) is 63.2 Å². The molecule has 0 bridgehead atoms. The van der Waals surface area contributed by atoms with Gasteiger partial charge in [0.1, 0.15) is 18.7 Å². The maximum Gasteiger partial charge on any atom is 0.410 e. The molecule has 0 saturated carbocycles. The van der Waals surface area contributed by atoms with Crippen molar-refractivity contribution in [2.24, 2.45) is 5.92 Å². The summed E-state index contributed by atoms with van der Waals surface area (Å²) in [5.41, 5.74) is 1.71. The van der Waals surface area contributed by atoms with Crippen molar-refractivity contribution in [1.82, 2.24) is 15.2 Å². The Kier molecular flexibility index (Phi) is 6.95. The van der Waals surface area contributed by atoms with Crippen LogP contribution in [0.4, 0.5) is 4.79 Å². The molecule has 2 amide bonds. The molecule has 8 nitrogen and oxygen atoms in total. The minimum absolute atomic E-state index is 0.0956. The number of nitrogens with zero attached hydrogens (tertiary/aromatic N) is 2. The number of benzene rings is 2. The molecule has 1 aliphatic rings. The van der Waals surface area contributed by atoms with Crippen molar-refractivity contribution in [3.63, 3.8) is 0 Å². The van der Waals surface area contributed by atoms with Crippen LogP contribution < -0.4 is 10.9 Å². The molecule has 2 aromatic carbocycles. The van der Waals surface area contributed by atoms with Crippen LogP contribution in [0.2, 0.25) is 0 Å². The van der Waals surface area contributed by atoms with Crippen LogP contribution in [0, 0.1) is 12.8 Å². The van der Waals surface area contributed by atoms with Crippen LogP contribution in [0.25, 0.3) is 10.9 Å². The zero-order valence-corrected chi connectivity index (χ0v) is 19.6. The molecule has 178 valence electrons. The van der Waals surface area contributed by atoms with E-state index < -0.39 is 23.8 Å². The highest BCUT2D eigenvalue weighted by Crippen LogP contribution is 2.25. The van der Waals surface area contributed by atoms with Gasteiger partial charge in [-0.25, -0.2) is 14.6 Å². The Balaban J connectivity index is 1.49. The molecule has 1 N–H and O–H groups in total. The van der Waals surface area contributed by atoms with Gasteiger partial charge in [-0.3, -0.25) is 9.69 Å². The van der Waals surface area contributed by atoms with E-state index in [9.17, 15) is 14.4 Å². The highest BCUT2D eigenvalue weighted by molar-refractivity contribution is 5.86. The molecule has 0 radical (unpaired) electrons. The summed E-state index contributed by atoms with van der Waals surface area (Å²) in [6.45, 7) is 6.24. The summed E-state index contributed by atoms with van der Waals surface area (Å²) in [6.07, 6.45) is 0.715. The number of likely N-dealkylation sites (tertiary alicyclic amines) is 1. The zero-order valence-electron chi connectivity index (χ0n) is 19.6. The van der Waals surface area contributed by atoms with Crippen LogP contribution in [-0.4, -0.2) is 34.5 Å². The first kappa shape index (κ1) is 23.5. The normalized spacial score (nSPS) is 16.6. The van der Waals surface area contributed by atoms with Crippen molar-refractivity contribution in [2.45, 2.75) is 52.3 Å². The molecule has 1 aliphatic heterocycles. The Morgan fingerprint density at radius 2 is 1.94 bits per heavy atom. The lowest BCUT2D eigenvalue weighted by molar-refractivity contribution is -0.126. The number of hydrogen-bond acceptors (Lipinski definition) is 6. The fourth-order valence-electron chi connectivity index (χ4n) is 4.25. The summed E-state index contributed by atoms with van der Waals surface area (Å²) >= 11 is 0. The first-order valence-corrected chi connectivity index (χ1v) is 11.5. The minimum atomic E-state index is -0.654. The fourth-order valence-corrected chi connectivity index (χ4v) is 4.25. The summed E-state index contributed by atoms with van der Waals surface area (Å²) in [5.74, 6) is -0.258. The van der Waals surface area contributed by atoms with Crippen LogP contribution in [0.3, 0.4) is 0 Å². The van der Waals surface area contributed by atoms with Crippen molar-refractivity contribution >= 4 is 22.9 Å². The molecule has 4 rings (SSSR count). The minimum Gasteiger partial charge on any atom is -0.445 e. The Morgan fingerprint density at radius 1 is 1.18 bits per heavy atom. The number of aromatic nitrogens is 1. The van der Waals surface area contributed by atoms with Crippen molar-refractivity contribution in [3.05, 3.63) is 76.0 Å². The monoisotopic (exact) mass is 463 g/mol. The second-order valence-corrected chi connectivity index (χ2v) is 8.93. The molecule has 1 fully saturated rings. The van der Waals surface area contributed by atoms with E-state index in [0.29, 0.717) is 30.3 Å². The van der Waals surface area contributed by atoms with Gasteiger partial charge < -0.3 is 14.5 Å². The van der Waals surface area contributed by atoms with Gasteiger partial charge in [0.15, 0.2) is 0 Å². The lowest BCUT2D eigenvalue weighted by atomic mass is 10.0. The lowest BCUT2D eigenvalue weighted by Crippen LogP contribution is -2.47. The molecule has 1 aromatic heterocycles. The van der Waals surface area contributed by atoms with E-state index in [4.69, 9.17) is 9.15 Å². The molecule has 0 aliphatic carbocycles. The Morgan fingerprint density at radius 3 is 2.68 bits per heavy atom. The molecule has 0 unspecified atom stereocenters. The average molecular weight is 464 g/mol. The lowest BCUT2D eigenvalue weighted by Gasteiger charge is -2.27. The summed E-state index contributed by atoms with van der Waals surface area (Å²) in [4.78, 5) is 44.5. The van der Waals surface area contributed by atoms with Crippen molar-refractivity contribution in [2.75, 3.05) is 6.54 Å². The number of amides is 2. The largest absolute Gasteiger partial charge is 0.445 e. The van der Waals surface area contributed by atoms with Crippen molar-refractivity contribution in [3.8, 4) is 0 Å². The van der Waals surface area contributed by atoms with E-state index in [1.165, 1.54) is 4.90 Å². The number of carbonyl (C=O) groups is 2. The smallest absolute Gasteiger partial charge is 0.410 e. The van der Waals surface area contributed by atoms with Crippen LogP contribution in [0.5, 0.6) is 0 Å². The summed E-state index contributed by atoms with van der Waals surface area (Å²) in [5, 5.41) is 3.39. The van der Waals surface area contributed by atoms with Gasteiger partial charge in [0, 0.05) is 6.54 Å². The quantitative estimate of drug-likeness (QED) is 0.590. The molecule has 0 spiro atoms. The maximum atomic E-state index is 13.2. The molecule has 2 heterocycles. The summed E-state index contributed by atoms with van der Waals surface area (Å²) in [7, 11) is 0. The van der Waals surface area contributed by atoms with Gasteiger partial charge in [0.05, 0.1) is 10.9 Å². The molecular formula is C26H29N3O5. The molecular weight excluding hydrogens is 434 g/mol. The maximum absolute atomic E-state index is 13.2.